The van der Waals surface area contributed by atoms with E-state index < -0.39 is 44.6 Å². The summed E-state index contributed by atoms with van der Waals surface area (Å²) >= 11 is 0. The van der Waals surface area contributed by atoms with Crippen molar-refractivity contribution in [1.29, 1.82) is 0 Å². The van der Waals surface area contributed by atoms with E-state index in [4.69, 9.17) is 9.47 Å². The standard InChI is InChI=1S/C17H13F2NO6S/c18-12-6-5-10(9-13(12)19)27(23,24)20-14-4-2-1-3-11(14)16(21)26-15-7-8-25-17(15)22/h1-6,9,15,20H,7-8H2. The summed E-state index contributed by atoms with van der Waals surface area (Å²) in [6.45, 7) is 0.126. The lowest BCUT2D eigenvalue weighted by atomic mass is 10.2. The largest absolute Gasteiger partial charge is 0.463 e. The Hall–Kier alpha value is -3.01. The maximum Gasteiger partial charge on any atom is 0.347 e. The number of anilines is 1. The summed E-state index contributed by atoms with van der Waals surface area (Å²) in [4.78, 5) is 23.2. The molecule has 1 aliphatic rings. The molecule has 1 N–H and O–H groups in total. The molecular weight excluding hydrogens is 384 g/mol. The first-order valence-corrected chi connectivity index (χ1v) is 9.21. The number of esters is 2. The van der Waals surface area contributed by atoms with Crippen molar-refractivity contribution in [2.45, 2.75) is 17.4 Å². The minimum Gasteiger partial charge on any atom is -0.463 e. The molecule has 0 spiro atoms. The first kappa shape index (κ1) is 18.8. The monoisotopic (exact) mass is 397 g/mol. The summed E-state index contributed by atoms with van der Waals surface area (Å²) < 4.78 is 63.1. The Morgan fingerprint density at radius 2 is 1.89 bits per heavy atom. The third kappa shape index (κ3) is 4.05. The van der Waals surface area contributed by atoms with Gasteiger partial charge in [-0.3, -0.25) is 4.72 Å². The van der Waals surface area contributed by atoms with Crippen LogP contribution in [0.15, 0.2) is 47.4 Å². The van der Waals surface area contributed by atoms with Crippen molar-refractivity contribution in [2.24, 2.45) is 0 Å². The van der Waals surface area contributed by atoms with Crippen LogP contribution in [-0.2, 0) is 24.3 Å². The Morgan fingerprint density at radius 3 is 2.56 bits per heavy atom. The number of hydrogen-bond donors (Lipinski definition) is 1. The van der Waals surface area contributed by atoms with Crippen molar-refractivity contribution >= 4 is 27.6 Å². The number of halogens is 2. The van der Waals surface area contributed by atoms with Crippen molar-refractivity contribution in [3.63, 3.8) is 0 Å². The molecule has 2 aromatic carbocycles. The van der Waals surface area contributed by atoms with Crippen molar-refractivity contribution in [2.75, 3.05) is 11.3 Å². The number of carbonyl (C=O) groups is 2. The zero-order valence-electron chi connectivity index (χ0n) is 13.6. The number of rotatable bonds is 5. The van der Waals surface area contributed by atoms with Crippen molar-refractivity contribution in [3.8, 4) is 0 Å². The molecule has 0 radical (unpaired) electrons. The maximum absolute atomic E-state index is 13.3. The Morgan fingerprint density at radius 1 is 1.15 bits per heavy atom. The molecule has 2 aromatic rings. The van der Waals surface area contributed by atoms with Crippen molar-refractivity contribution < 1.29 is 36.3 Å². The summed E-state index contributed by atoms with van der Waals surface area (Å²) in [5.74, 6) is -4.13. The Balaban J connectivity index is 1.86. The zero-order chi connectivity index (χ0) is 19.6. The molecule has 10 heteroatoms. The van der Waals surface area contributed by atoms with Crippen LogP contribution in [0.1, 0.15) is 16.8 Å². The summed E-state index contributed by atoms with van der Waals surface area (Å²) in [5.41, 5.74) is -0.290. The van der Waals surface area contributed by atoms with E-state index in [1.54, 1.807) is 0 Å². The average Bonchev–Trinajstić information content (AvgIpc) is 3.02. The lowest BCUT2D eigenvalue weighted by molar-refractivity contribution is -0.145. The first-order chi connectivity index (χ1) is 12.8. The van der Waals surface area contributed by atoms with Gasteiger partial charge in [0.25, 0.3) is 10.0 Å². The van der Waals surface area contributed by atoms with Crippen LogP contribution >= 0.6 is 0 Å². The van der Waals surface area contributed by atoms with E-state index in [9.17, 15) is 26.8 Å². The van der Waals surface area contributed by atoms with Gasteiger partial charge in [0, 0.05) is 6.42 Å². The highest BCUT2D eigenvalue weighted by Crippen LogP contribution is 2.23. The molecular formula is C17H13F2NO6S. The highest BCUT2D eigenvalue weighted by Gasteiger charge is 2.31. The van der Waals surface area contributed by atoms with Gasteiger partial charge >= 0.3 is 11.9 Å². The fourth-order valence-electron chi connectivity index (χ4n) is 2.37. The van der Waals surface area contributed by atoms with Crippen LogP contribution < -0.4 is 4.72 Å². The molecule has 1 fully saturated rings. The molecule has 1 heterocycles. The van der Waals surface area contributed by atoms with Crippen molar-refractivity contribution in [1.82, 2.24) is 0 Å². The SMILES string of the molecule is O=C(OC1CCOC1=O)c1ccccc1NS(=O)(=O)c1ccc(F)c(F)c1. The number of ether oxygens (including phenoxy) is 2. The van der Waals surface area contributed by atoms with Gasteiger partial charge in [0.2, 0.25) is 6.10 Å². The molecule has 0 amide bonds. The average molecular weight is 397 g/mol. The van der Waals surface area contributed by atoms with Gasteiger partial charge in [-0.05, 0) is 30.3 Å². The third-order valence-corrected chi connectivity index (χ3v) is 5.09. The molecule has 3 rings (SSSR count). The number of sulfonamides is 1. The minimum absolute atomic E-state index is 0.126. The molecule has 0 bridgehead atoms. The van der Waals surface area contributed by atoms with E-state index in [1.807, 2.05) is 0 Å². The molecule has 1 saturated heterocycles. The normalized spacial score (nSPS) is 16.7. The summed E-state index contributed by atoms with van der Waals surface area (Å²) in [6.07, 6.45) is -0.860. The van der Waals surface area contributed by atoms with Crippen molar-refractivity contribution in [3.05, 3.63) is 59.7 Å². The highest BCUT2D eigenvalue weighted by molar-refractivity contribution is 7.92. The van der Waals surface area contributed by atoms with Gasteiger partial charge in [-0.15, -0.1) is 0 Å². The van der Waals surface area contributed by atoms with Crippen LogP contribution in [0.3, 0.4) is 0 Å². The quantitative estimate of drug-likeness (QED) is 0.777. The summed E-state index contributed by atoms with van der Waals surface area (Å²) in [7, 11) is -4.30. The van der Waals surface area contributed by atoms with Crippen LogP contribution in [-0.4, -0.2) is 33.1 Å². The predicted octanol–water partition coefficient (Wildman–Crippen LogP) is 2.24. The van der Waals surface area contributed by atoms with Gasteiger partial charge < -0.3 is 9.47 Å². The van der Waals surface area contributed by atoms with Crippen LogP contribution in [0.2, 0.25) is 0 Å². The fourth-order valence-corrected chi connectivity index (χ4v) is 3.47. The Labute approximate surface area is 152 Å². The number of nitrogens with one attached hydrogen (secondary N) is 1. The highest BCUT2D eigenvalue weighted by atomic mass is 32.2. The minimum atomic E-state index is -4.30. The fraction of sp³-hybridized carbons (Fsp3) is 0.176. The topological polar surface area (TPSA) is 98.8 Å². The molecule has 0 aliphatic carbocycles. The smallest absolute Gasteiger partial charge is 0.347 e. The number of hydrogen-bond acceptors (Lipinski definition) is 6. The van der Waals surface area contributed by atoms with Crippen LogP contribution in [0.25, 0.3) is 0 Å². The molecule has 1 unspecified atom stereocenters. The summed E-state index contributed by atoms with van der Waals surface area (Å²) in [5, 5.41) is 0. The molecule has 1 aliphatic heterocycles. The van der Waals surface area contributed by atoms with E-state index >= 15 is 0 Å². The van der Waals surface area contributed by atoms with E-state index in [2.05, 4.69) is 4.72 Å². The molecule has 27 heavy (non-hydrogen) atoms. The van der Waals surface area contributed by atoms with E-state index in [-0.39, 0.29) is 24.3 Å². The zero-order valence-corrected chi connectivity index (χ0v) is 14.5. The molecule has 1 atom stereocenters. The van der Waals surface area contributed by atoms with Gasteiger partial charge in [-0.25, -0.2) is 26.8 Å². The summed E-state index contributed by atoms with van der Waals surface area (Å²) in [6, 6.07) is 7.61. The predicted molar refractivity (Wildman–Crippen MR) is 88.4 cm³/mol. The molecule has 7 nitrogen and oxygen atoms in total. The van der Waals surface area contributed by atoms with Gasteiger partial charge in [0.05, 0.1) is 22.8 Å². The second kappa shape index (κ2) is 7.31. The van der Waals surface area contributed by atoms with Crippen LogP contribution in [0.5, 0.6) is 0 Å². The number of para-hydroxylation sites is 1. The Kier molecular flexibility index (Phi) is 5.08. The van der Waals surface area contributed by atoms with Gasteiger partial charge in [-0.2, -0.15) is 0 Å². The van der Waals surface area contributed by atoms with Crippen LogP contribution in [0.4, 0.5) is 14.5 Å². The van der Waals surface area contributed by atoms with Crippen LogP contribution in [0, 0.1) is 11.6 Å². The third-order valence-electron chi connectivity index (χ3n) is 3.73. The first-order valence-electron chi connectivity index (χ1n) is 7.72. The lowest BCUT2D eigenvalue weighted by Gasteiger charge is -2.13. The van der Waals surface area contributed by atoms with E-state index in [1.165, 1.54) is 24.3 Å². The maximum atomic E-state index is 13.3. The Bertz CT molecular complexity index is 1010. The second-order valence-corrected chi connectivity index (χ2v) is 7.26. The van der Waals surface area contributed by atoms with E-state index in [0.29, 0.717) is 12.1 Å². The number of carbonyl (C=O) groups excluding carboxylic acids is 2. The number of cyclic esters (lactones) is 1. The van der Waals surface area contributed by atoms with E-state index in [0.717, 1.165) is 6.07 Å². The number of benzene rings is 2. The molecule has 0 aromatic heterocycles. The van der Waals surface area contributed by atoms with Gasteiger partial charge in [-0.1, -0.05) is 12.1 Å². The van der Waals surface area contributed by atoms with Gasteiger partial charge in [0.1, 0.15) is 0 Å². The van der Waals surface area contributed by atoms with Gasteiger partial charge in [0.15, 0.2) is 11.6 Å². The molecule has 142 valence electrons. The molecule has 0 saturated carbocycles. The second-order valence-electron chi connectivity index (χ2n) is 5.58. The lowest BCUT2D eigenvalue weighted by Crippen LogP contribution is -2.24.